The molecule has 2 aromatic rings. The van der Waals surface area contributed by atoms with Gasteiger partial charge in [-0.15, -0.1) is 0 Å². The van der Waals surface area contributed by atoms with E-state index in [-0.39, 0.29) is 6.61 Å². The van der Waals surface area contributed by atoms with Crippen molar-refractivity contribution in [2.45, 2.75) is 13.5 Å². The van der Waals surface area contributed by atoms with Gasteiger partial charge in [0.25, 0.3) is 0 Å². The standard InChI is InChI=1S/C8H7ClO2.C8H9N/c9-8(10)11-6-7-4-2-1-3-5-7;1-7(2)8-4-3-5-9-6-8/h1-5H,6H2;3-6H,1H2,2H3. The highest BCUT2D eigenvalue weighted by atomic mass is 35.5. The predicted molar refractivity (Wildman–Crippen MR) is 81.4 cm³/mol. The van der Waals surface area contributed by atoms with E-state index in [0.29, 0.717) is 0 Å². The van der Waals surface area contributed by atoms with E-state index in [2.05, 4.69) is 16.3 Å². The van der Waals surface area contributed by atoms with Crippen LogP contribution in [0, 0.1) is 0 Å². The van der Waals surface area contributed by atoms with Gasteiger partial charge in [-0.05, 0) is 29.7 Å². The zero-order chi connectivity index (χ0) is 14.8. The number of hydrogen-bond acceptors (Lipinski definition) is 3. The zero-order valence-electron chi connectivity index (χ0n) is 11.3. The molecule has 0 fully saturated rings. The van der Waals surface area contributed by atoms with Crippen LogP contribution in [0.3, 0.4) is 0 Å². The van der Waals surface area contributed by atoms with Crippen LogP contribution < -0.4 is 0 Å². The van der Waals surface area contributed by atoms with Crippen LogP contribution in [0.25, 0.3) is 5.57 Å². The number of hydrogen-bond donors (Lipinski definition) is 0. The van der Waals surface area contributed by atoms with Gasteiger partial charge in [-0.1, -0.05) is 43.0 Å². The monoisotopic (exact) mass is 289 g/mol. The molecule has 104 valence electrons. The van der Waals surface area contributed by atoms with E-state index in [9.17, 15) is 4.79 Å². The smallest absolute Gasteiger partial charge is 0.404 e. The molecule has 1 aromatic heterocycles. The van der Waals surface area contributed by atoms with E-state index in [1.807, 2.05) is 55.6 Å². The van der Waals surface area contributed by atoms with Gasteiger partial charge in [-0.2, -0.15) is 0 Å². The van der Waals surface area contributed by atoms with E-state index in [1.54, 1.807) is 6.20 Å². The molecule has 0 spiro atoms. The van der Waals surface area contributed by atoms with Gasteiger partial charge in [-0.25, -0.2) is 4.79 Å². The molecule has 0 saturated carbocycles. The lowest BCUT2D eigenvalue weighted by molar-refractivity contribution is 0.167. The Bertz CT molecular complexity index is 541. The minimum atomic E-state index is -0.770. The summed E-state index contributed by atoms with van der Waals surface area (Å²) < 4.78 is 4.55. The van der Waals surface area contributed by atoms with Gasteiger partial charge in [0.2, 0.25) is 0 Å². The fourth-order valence-corrected chi connectivity index (χ4v) is 1.38. The average Bonchev–Trinajstić information content (AvgIpc) is 2.48. The molecule has 2 rings (SSSR count). The number of benzene rings is 1. The topological polar surface area (TPSA) is 39.2 Å². The Labute approximate surface area is 123 Å². The van der Waals surface area contributed by atoms with Crippen molar-refractivity contribution in [3.05, 3.63) is 72.6 Å². The molecule has 0 N–H and O–H groups in total. The molecule has 0 amide bonds. The van der Waals surface area contributed by atoms with E-state index in [4.69, 9.17) is 11.6 Å². The maximum atomic E-state index is 10.2. The van der Waals surface area contributed by atoms with Crippen LogP contribution in [0.15, 0.2) is 61.4 Å². The summed E-state index contributed by atoms with van der Waals surface area (Å²) in [5, 5.41) is 0. The number of carbonyl (C=O) groups is 1. The first-order valence-corrected chi connectivity index (χ1v) is 6.39. The first-order chi connectivity index (χ1) is 9.59. The molecule has 1 aromatic carbocycles. The van der Waals surface area contributed by atoms with Gasteiger partial charge in [-0.3, -0.25) is 4.98 Å². The maximum absolute atomic E-state index is 10.2. The molecule has 0 saturated heterocycles. The quantitative estimate of drug-likeness (QED) is 0.770. The second-order valence-corrected chi connectivity index (χ2v) is 4.34. The molecule has 4 heteroatoms. The van der Waals surface area contributed by atoms with Gasteiger partial charge in [0, 0.05) is 24.0 Å². The second kappa shape index (κ2) is 8.88. The van der Waals surface area contributed by atoms with Crippen molar-refractivity contribution >= 4 is 22.6 Å². The summed E-state index contributed by atoms with van der Waals surface area (Å²) in [6, 6.07) is 13.3. The average molecular weight is 290 g/mol. The number of aromatic nitrogens is 1. The van der Waals surface area contributed by atoms with Gasteiger partial charge in [0.1, 0.15) is 6.61 Å². The number of rotatable bonds is 3. The summed E-state index contributed by atoms with van der Waals surface area (Å²) >= 11 is 4.97. The minimum Gasteiger partial charge on any atom is -0.449 e. The van der Waals surface area contributed by atoms with Crippen molar-refractivity contribution in [2.75, 3.05) is 0 Å². The van der Waals surface area contributed by atoms with Crippen LogP contribution in [0.2, 0.25) is 0 Å². The van der Waals surface area contributed by atoms with Crippen molar-refractivity contribution in [3.8, 4) is 0 Å². The SMILES string of the molecule is C=C(C)c1cccnc1.O=C(Cl)OCc1ccccc1. The van der Waals surface area contributed by atoms with Crippen LogP contribution >= 0.6 is 11.6 Å². The van der Waals surface area contributed by atoms with E-state index < -0.39 is 5.43 Å². The van der Waals surface area contributed by atoms with Crippen LogP contribution in [0.1, 0.15) is 18.1 Å². The Morgan fingerprint density at radius 3 is 2.40 bits per heavy atom. The molecular formula is C16H16ClNO2. The van der Waals surface area contributed by atoms with Crippen LogP contribution in [-0.4, -0.2) is 10.4 Å². The first kappa shape index (κ1) is 15.9. The molecule has 0 radical (unpaired) electrons. The van der Waals surface area contributed by atoms with Gasteiger partial charge in [0.15, 0.2) is 0 Å². The molecule has 0 aliphatic heterocycles. The van der Waals surface area contributed by atoms with E-state index >= 15 is 0 Å². The predicted octanol–water partition coefficient (Wildman–Crippen LogP) is 4.68. The van der Waals surface area contributed by atoms with Crippen molar-refractivity contribution in [1.82, 2.24) is 4.98 Å². The number of halogens is 1. The Hall–Kier alpha value is -2.13. The largest absolute Gasteiger partial charge is 0.449 e. The van der Waals surface area contributed by atoms with Crippen LogP contribution in [-0.2, 0) is 11.3 Å². The van der Waals surface area contributed by atoms with Gasteiger partial charge in [0.05, 0.1) is 0 Å². The molecule has 0 aliphatic rings. The highest BCUT2D eigenvalue weighted by Gasteiger charge is 1.95. The second-order valence-electron chi connectivity index (χ2n) is 4.03. The molecule has 0 bridgehead atoms. The highest BCUT2D eigenvalue weighted by molar-refractivity contribution is 6.61. The summed E-state index contributed by atoms with van der Waals surface area (Å²) in [5.41, 5.74) is 2.33. The summed E-state index contributed by atoms with van der Waals surface area (Å²) in [4.78, 5) is 14.1. The molecular weight excluding hydrogens is 274 g/mol. The zero-order valence-corrected chi connectivity index (χ0v) is 12.0. The fourth-order valence-electron chi connectivity index (χ4n) is 1.33. The van der Waals surface area contributed by atoms with Crippen molar-refractivity contribution in [3.63, 3.8) is 0 Å². The van der Waals surface area contributed by atoms with Crippen LogP contribution in [0.5, 0.6) is 0 Å². The molecule has 1 heterocycles. The Morgan fingerprint density at radius 1 is 1.25 bits per heavy atom. The molecule has 0 unspecified atom stereocenters. The maximum Gasteiger partial charge on any atom is 0.404 e. The number of pyridine rings is 1. The fraction of sp³-hybridized carbons (Fsp3) is 0.125. The Balaban J connectivity index is 0.000000204. The van der Waals surface area contributed by atoms with E-state index in [1.165, 1.54) is 0 Å². The number of nitrogens with zero attached hydrogens (tertiary/aromatic N) is 1. The van der Waals surface area contributed by atoms with Crippen molar-refractivity contribution in [2.24, 2.45) is 0 Å². The summed E-state index contributed by atoms with van der Waals surface area (Å²) in [5.74, 6) is 0. The number of ether oxygens (including phenoxy) is 1. The number of allylic oxidation sites excluding steroid dienone is 1. The third-order valence-electron chi connectivity index (χ3n) is 2.35. The van der Waals surface area contributed by atoms with Gasteiger partial charge < -0.3 is 4.74 Å². The number of carbonyl (C=O) groups excluding carboxylic acids is 1. The van der Waals surface area contributed by atoms with Crippen molar-refractivity contribution < 1.29 is 9.53 Å². The lowest BCUT2D eigenvalue weighted by atomic mass is 10.2. The lowest BCUT2D eigenvalue weighted by Crippen LogP contribution is -1.93. The Kier molecular flexibility index (Phi) is 7.07. The molecule has 0 aliphatic carbocycles. The van der Waals surface area contributed by atoms with Crippen molar-refractivity contribution in [1.29, 1.82) is 0 Å². The molecule has 3 nitrogen and oxygen atoms in total. The third kappa shape index (κ3) is 6.71. The van der Waals surface area contributed by atoms with Gasteiger partial charge >= 0.3 is 5.43 Å². The summed E-state index contributed by atoms with van der Waals surface area (Å²) in [6.07, 6.45) is 3.56. The Morgan fingerprint density at radius 2 is 1.95 bits per heavy atom. The van der Waals surface area contributed by atoms with Crippen LogP contribution in [0.4, 0.5) is 4.79 Å². The molecule has 0 atom stereocenters. The lowest BCUT2D eigenvalue weighted by Gasteiger charge is -1.98. The molecule has 20 heavy (non-hydrogen) atoms. The third-order valence-corrected chi connectivity index (χ3v) is 2.46. The highest BCUT2D eigenvalue weighted by Crippen LogP contribution is 2.06. The minimum absolute atomic E-state index is 0.239. The normalized spacial score (nSPS) is 9.10. The summed E-state index contributed by atoms with van der Waals surface area (Å²) in [6.45, 7) is 5.99. The van der Waals surface area contributed by atoms with E-state index in [0.717, 1.165) is 16.7 Å². The first-order valence-electron chi connectivity index (χ1n) is 6.01. The summed E-state index contributed by atoms with van der Waals surface area (Å²) in [7, 11) is 0.